The lowest BCUT2D eigenvalue weighted by atomic mass is 10.4. The minimum atomic E-state index is -3.79. The molecule has 0 amide bonds. The maximum atomic E-state index is 12.0. The van der Waals surface area contributed by atoms with Crippen LogP contribution in [-0.4, -0.2) is 24.5 Å². The molecule has 0 aromatic carbocycles. The molecule has 0 radical (unpaired) electrons. The van der Waals surface area contributed by atoms with Gasteiger partial charge in [-0.05, 0) is 34.1 Å². The number of aromatic nitrogens is 1. The number of nitrogens with zero attached hydrogens (tertiary/aromatic N) is 1. The average molecular weight is 363 g/mol. The first-order valence-electron chi connectivity index (χ1n) is 4.85. The van der Waals surface area contributed by atoms with E-state index in [-0.39, 0.29) is 9.77 Å². The number of hydrogen-bond acceptors (Lipinski definition) is 5. The zero-order chi connectivity index (χ0) is 14.0. The third kappa shape index (κ3) is 3.31. The molecule has 0 unspecified atom stereocenters. The van der Waals surface area contributed by atoms with E-state index in [0.717, 1.165) is 17.4 Å². The van der Waals surface area contributed by atoms with E-state index in [0.29, 0.717) is 10.3 Å². The molecular weight excluding hydrogens is 356 g/mol. The Bertz CT molecular complexity index is 709. The molecular formula is C10H7BrN2O4S2. The summed E-state index contributed by atoms with van der Waals surface area (Å²) in [7, 11) is -3.79. The second-order valence-electron chi connectivity index (χ2n) is 3.43. The number of sulfonamides is 1. The molecule has 9 heteroatoms. The van der Waals surface area contributed by atoms with E-state index in [4.69, 9.17) is 5.11 Å². The highest BCUT2D eigenvalue weighted by atomic mass is 79.9. The molecule has 0 aliphatic rings. The number of aromatic carboxylic acids is 1. The third-order valence-corrected chi connectivity index (χ3v) is 5.36. The number of pyridine rings is 1. The van der Waals surface area contributed by atoms with Crippen molar-refractivity contribution >= 4 is 48.9 Å². The van der Waals surface area contributed by atoms with Crippen molar-refractivity contribution in [3.63, 3.8) is 0 Å². The summed E-state index contributed by atoms with van der Waals surface area (Å²) in [6.45, 7) is 0. The predicted octanol–water partition coefficient (Wildman–Crippen LogP) is 2.40. The number of carboxylic acid groups (broad SMARTS) is 1. The van der Waals surface area contributed by atoms with Crippen LogP contribution in [0.4, 0.5) is 5.69 Å². The zero-order valence-electron chi connectivity index (χ0n) is 9.20. The van der Waals surface area contributed by atoms with Gasteiger partial charge in [0, 0.05) is 5.38 Å². The molecule has 6 nitrogen and oxygen atoms in total. The summed E-state index contributed by atoms with van der Waals surface area (Å²) in [6.07, 6.45) is 1.35. The Kier molecular flexibility index (Phi) is 3.88. The van der Waals surface area contributed by atoms with Crippen molar-refractivity contribution in [2.45, 2.75) is 4.21 Å². The van der Waals surface area contributed by atoms with Gasteiger partial charge in [0.05, 0.1) is 17.4 Å². The summed E-state index contributed by atoms with van der Waals surface area (Å²) >= 11 is 3.98. The van der Waals surface area contributed by atoms with E-state index in [2.05, 4.69) is 25.6 Å². The van der Waals surface area contributed by atoms with E-state index < -0.39 is 16.0 Å². The number of nitrogens with one attached hydrogen (secondary N) is 1. The van der Waals surface area contributed by atoms with Crippen LogP contribution in [0.15, 0.2) is 38.6 Å². The molecule has 19 heavy (non-hydrogen) atoms. The van der Waals surface area contributed by atoms with Crippen LogP contribution < -0.4 is 4.72 Å². The Morgan fingerprint density at radius 2 is 2.16 bits per heavy atom. The van der Waals surface area contributed by atoms with Crippen molar-refractivity contribution in [2.75, 3.05) is 4.72 Å². The predicted molar refractivity (Wildman–Crippen MR) is 74.0 cm³/mol. The van der Waals surface area contributed by atoms with Gasteiger partial charge >= 0.3 is 5.97 Å². The van der Waals surface area contributed by atoms with Crippen LogP contribution in [0.3, 0.4) is 0 Å². The number of carboxylic acids is 1. The van der Waals surface area contributed by atoms with Crippen molar-refractivity contribution in [3.05, 3.63) is 39.9 Å². The lowest BCUT2D eigenvalue weighted by molar-refractivity contribution is 0.0697. The van der Waals surface area contributed by atoms with Gasteiger partial charge in [-0.1, -0.05) is 0 Å². The van der Waals surface area contributed by atoms with E-state index in [1.54, 1.807) is 12.1 Å². The number of hydrogen-bond donors (Lipinski definition) is 2. The standard InChI is InChI=1S/C10H7BrN2O4S2/c11-8-2-1-7(4-12-8)13-19(16,17)9-3-6(5-18-9)10(14)15/h1-5,13H,(H,14,15). The molecule has 2 N–H and O–H groups in total. The Balaban J connectivity index is 2.26. The van der Waals surface area contributed by atoms with Crippen LogP contribution in [0.5, 0.6) is 0 Å². The van der Waals surface area contributed by atoms with E-state index in [1.807, 2.05) is 0 Å². The highest BCUT2D eigenvalue weighted by Crippen LogP contribution is 2.23. The lowest BCUT2D eigenvalue weighted by Crippen LogP contribution is -2.11. The molecule has 0 saturated carbocycles. The van der Waals surface area contributed by atoms with Gasteiger partial charge < -0.3 is 5.11 Å². The van der Waals surface area contributed by atoms with Gasteiger partial charge in [0.15, 0.2) is 0 Å². The fraction of sp³-hybridized carbons (Fsp3) is 0. The van der Waals surface area contributed by atoms with Gasteiger partial charge in [0.25, 0.3) is 10.0 Å². The maximum absolute atomic E-state index is 12.0. The topological polar surface area (TPSA) is 96.4 Å². The Morgan fingerprint density at radius 1 is 1.42 bits per heavy atom. The quantitative estimate of drug-likeness (QED) is 0.814. The number of anilines is 1. The SMILES string of the molecule is O=C(O)c1csc(S(=O)(=O)Nc2ccc(Br)nc2)c1. The molecule has 0 bridgehead atoms. The number of rotatable bonds is 4. The van der Waals surface area contributed by atoms with Crippen molar-refractivity contribution < 1.29 is 18.3 Å². The molecule has 0 aliphatic carbocycles. The fourth-order valence-electron chi connectivity index (χ4n) is 1.21. The van der Waals surface area contributed by atoms with Gasteiger partial charge in [0.2, 0.25) is 0 Å². The van der Waals surface area contributed by atoms with Gasteiger partial charge in [-0.25, -0.2) is 18.2 Å². The minimum absolute atomic E-state index is 0.0562. The van der Waals surface area contributed by atoms with Crippen LogP contribution in [-0.2, 0) is 10.0 Å². The second kappa shape index (κ2) is 5.27. The first-order chi connectivity index (χ1) is 8.88. The normalized spacial score (nSPS) is 11.2. The Labute approximate surface area is 121 Å². The largest absolute Gasteiger partial charge is 0.478 e. The highest BCUT2D eigenvalue weighted by molar-refractivity contribution is 9.10. The second-order valence-corrected chi connectivity index (χ2v) is 7.07. The Morgan fingerprint density at radius 3 is 2.68 bits per heavy atom. The smallest absolute Gasteiger partial charge is 0.336 e. The molecule has 0 saturated heterocycles. The summed E-state index contributed by atoms with van der Waals surface area (Å²) in [5.41, 5.74) is 0.243. The summed E-state index contributed by atoms with van der Waals surface area (Å²) < 4.78 is 26.8. The van der Waals surface area contributed by atoms with Gasteiger partial charge in [0.1, 0.15) is 8.81 Å². The fourth-order valence-corrected chi connectivity index (χ4v) is 3.64. The van der Waals surface area contributed by atoms with Crippen molar-refractivity contribution in [1.29, 1.82) is 0 Å². The number of thiophene rings is 1. The summed E-state index contributed by atoms with van der Waals surface area (Å²) in [6, 6.07) is 4.25. The number of halogens is 1. The van der Waals surface area contributed by atoms with Crippen molar-refractivity contribution in [2.24, 2.45) is 0 Å². The zero-order valence-corrected chi connectivity index (χ0v) is 12.4. The van der Waals surface area contributed by atoms with Crippen LogP contribution in [0.2, 0.25) is 0 Å². The molecule has 0 fully saturated rings. The van der Waals surface area contributed by atoms with E-state index in [9.17, 15) is 13.2 Å². The van der Waals surface area contributed by atoms with E-state index in [1.165, 1.54) is 11.6 Å². The first kappa shape index (κ1) is 14.0. The van der Waals surface area contributed by atoms with Gasteiger partial charge in [-0.2, -0.15) is 0 Å². The van der Waals surface area contributed by atoms with Gasteiger partial charge in [-0.15, -0.1) is 11.3 Å². The molecule has 2 aromatic rings. The molecule has 2 rings (SSSR count). The molecule has 2 heterocycles. The molecule has 0 aliphatic heterocycles. The van der Waals surface area contributed by atoms with Crippen LogP contribution >= 0.6 is 27.3 Å². The Hall–Kier alpha value is -1.45. The van der Waals surface area contributed by atoms with E-state index >= 15 is 0 Å². The summed E-state index contributed by atoms with van der Waals surface area (Å²) in [5.74, 6) is -1.16. The molecule has 100 valence electrons. The number of carbonyl (C=O) groups is 1. The summed E-state index contributed by atoms with van der Waals surface area (Å²) in [4.78, 5) is 14.6. The lowest BCUT2D eigenvalue weighted by Gasteiger charge is -2.05. The highest BCUT2D eigenvalue weighted by Gasteiger charge is 2.19. The van der Waals surface area contributed by atoms with Crippen molar-refractivity contribution in [3.8, 4) is 0 Å². The summed E-state index contributed by atoms with van der Waals surface area (Å²) in [5, 5.41) is 10.0. The molecule has 0 spiro atoms. The average Bonchev–Trinajstić information content (AvgIpc) is 2.82. The van der Waals surface area contributed by atoms with Crippen molar-refractivity contribution in [1.82, 2.24) is 4.98 Å². The maximum Gasteiger partial charge on any atom is 0.336 e. The molecule has 2 aromatic heterocycles. The monoisotopic (exact) mass is 362 g/mol. The minimum Gasteiger partial charge on any atom is -0.478 e. The first-order valence-corrected chi connectivity index (χ1v) is 8.00. The molecule has 0 atom stereocenters. The van der Waals surface area contributed by atoms with Crippen LogP contribution in [0.1, 0.15) is 10.4 Å². The van der Waals surface area contributed by atoms with Gasteiger partial charge in [-0.3, -0.25) is 4.72 Å². The third-order valence-electron chi connectivity index (χ3n) is 2.07. The van der Waals surface area contributed by atoms with Crippen LogP contribution in [0, 0.1) is 0 Å². The van der Waals surface area contributed by atoms with Crippen LogP contribution in [0.25, 0.3) is 0 Å².